The first-order valence-corrected chi connectivity index (χ1v) is 11.5. The van der Waals surface area contributed by atoms with E-state index in [0.717, 1.165) is 36.8 Å². The molecule has 7 nitrogen and oxygen atoms in total. The maximum absolute atomic E-state index is 14.2. The number of aromatic nitrogens is 1. The van der Waals surface area contributed by atoms with Crippen LogP contribution in [0.2, 0.25) is 5.02 Å². The molecule has 0 aliphatic rings. The van der Waals surface area contributed by atoms with Gasteiger partial charge < -0.3 is 9.73 Å². The number of nitrogens with zero attached hydrogens (tertiary/aromatic N) is 1. The lowest BCUT2D eigenvalue weighted by atomic mass is 10.1. The van der Waals surface area contributed by atoms with E-state index in [4.69, 9.17) is 16.0 Å². The fourth-order valence-electron chi connectivity index (χ4n) is 2.87. The Hall–Kier alpha value is -3.19. The molecule has 1 aromatic heterocycles. The average Bonchev–Trinajstić information content (AvgIpc) is 3.19. The molecule has 2 aromatic carbocycles. The molecule has 0 fully saturated rings. The highest BCUT2D eigenvalue weighted by molar-refractivity contribution is 7.92. The zero-order valence-corrected chi connectivity index (χ0v) is 18.9. The molecule has 1 amide bonds. The summed E-state index contributed by atoms with van der Waals surface area (Å²) in [7, 11) is -3.93. The summed E-state index contributed by atoms with van der Waals surface area (Å²) in [5, 5.41) is 1.89. The molecule has 34 heavy (non-hydrogen) atoms. The molecule has 3 rings (SSSR count). The lowest BCUT2D eigenvalue weighted by molar-refractivity contribution is -0.137. The topological polar surface area (TPSA) is 101 Å². The van der Waals surface area contributed by atoms with Crippen molar-refractivity contribution < 1.29 is 39.6 Å². The SMILES string of the molecule is C[C@@H](NC(=O)c1coc(-c2ccc(Cl)c(C(F)(F)F)c2)n1)c1cc(F)c(NS(C)(=O)=O)c(F)c1. The molecule has 0 radical (unpaired) electrons. The van der Waals surface area contributed by atoms with Crippen molar-refractivity contribution in [3.8, 4) is 11.5 Å². The fourth-order valence-corrected chi connectivity index (χ4v) is 3.66. The molecule has 0 aliphatic heterocycles. The summed E-state index contributed by atoms with van der Waals surface area (Å²) in [5.74, 6) is -3.53. The van der Waals surface area contributed by atoms with Crippen LogP contribution in [0.1, 0.15) is 34.6 Å². The van der Waals surface area contributed by atoms with Crippen molar-refractivity contribution >= 4 is 33.2 Å². The first-order valence-electron chi connectivity index (χ1n) is 9.26. The van der Waals surface area contributed by atoms with Gasteiger partial charge in [0.1, 0.15) is 12.0 Å². The van der Waals surface area contributed by atoms with Crippen LogP contribution in [0.5, 0.6) is 0 Å². The Balaban J connectivity index is 1.79. The Kier molecular flexibility index (Phi) is 6.90. The van der Waals surface area contributed by atoms with E-state index in [1.807, 2.05) is 0 Å². The zero-order chi connectivity index (χ0) is 25.4. The number of anilines is 1. The number of amides is 1. The third kappa shape index (κ3) is 5.83. The van der Waals surface area contributed by atoms with Crippen molar-refractivity contribution in [2.75, 3.05) is 11.0 Å². The van der Waals surface area contributed by atoms with Crippen LogP contribution in [0.25, 0.3) is 11.5 Å². The molecule has 3 aromatic rings. The average molecular weight is 524 g/mol. The van der Waals surface area contributed by atoms with Crippen molar-refractivity contribution in [2.45, 2.75) is 19.1 Å². The molecule has 1 atom stereocenters. The molecule has 2 N–H and O–H groups in total. The molecule has 0 saturated heterocycles. The van der Waals surface area contributed by atoms with E-state index in [1.165, 1.54) is 13.0 Å². The van der Waals surface area contributed by atoms with Crippen LogP contribution in [0.4, 0.5) is 27.6 Å². The summed E-state index contributed by atoms with van der Waals surface area (Å²) in [5.41, 5.74) is -2.39. The van der Waals surface area contributed by atoms with Gasteiger partial charge in [0.25, 0.3) is 5.91 Å². The number of carbonyl (C=O) groups excluding carboxylic acids is 1. The monoisotopic (exact) mass is 523 g/mol. The zero-order valence-electron chi connectivity index (χ0n) is 17.3. The van der Waals surface area contributed by atoms with Gasteiger partial charge in [0, 0.05) is 5.56 Å². The maximum Gasteiger partial charge on any atom is 0.417 e. The van der Waals surface area contributed by atoms with Gasteiger partial charge in [0.15, 0.2) is 17.3 Å². The predicted molar refractivity (Wildman–Crippen MR) is 113 cm³/mol. The summed E-state index contributed by atoms with van der Waals surface area (Å²) in [4.78, 5) is 16.3. The molecular weight excluding hydrogens is 509 g/mol. The van der Waals surface area contributed by atoms with Crippen LogP contribution in [0, 0.1) is 11.6 Å². The Morgan fingerprint density at radius 1 is 1.15 bits per heavy atom. The van der Waals surface area contributed by atoms with Crippen molar-refractivity contribution in [3.63, 3.8) is 0 Å². The minimum Gasteiger partial charge on any atom is -0.444 e. The number of rotatable bonds is 6. The van der Waals surface area contributed by atoms with E-state index in [-0.39, 0.29) is 22.7 Å². The van der Waals surface area contributed by atoms with Gasteiger partial charge >= 0.3 is 6.18 Å². The van der Waals surface area contributed by atoms with Crippen LogP contribution >= 0.6 is 11.6 Å². The van der Waals surface area contributed by atoms with Crippen molar-refractivity contribution in [1.29, 1.82) is 0 Å². The largest absolute Gasteiger partial charge is 0.444 e. The lowest BCUT2D eigenvalue weighted by Gasteiger charge is -2.15. The molecule has 0 aliphatic carbocycles. The van der Waals surface area contributed by atoms with E-state index in [9.17, 15) is 35.2 Å². The molecule has 0 unspecified atom stereocenters. The minimum absolute atomic E-state index is 0.0290. The smallest absolute Gasteiger partial charge is 0.417 e. The van der Waals surface area contributed by atoms with Crippen LogP contribution < -0.4 is 10.0 Å². The van der Waals surface area contributed by atoms with Gasteiger partial charge in [-0.15, -0.1) is 0 Å². The first kappa shape index (κ1) is 25.4. The van der Waals surface area contributed by atoms with E-state index < -0.39 is 56.1 Å². The van der Waals surface area contributed by atoms with Crippen LogP contribution in [0.3, 0.4) is 0 Å². The second-order valence-corrected chi connectivity index (χ2v) is 9.31. The van der Waals surface area contributed by atoms with Crippen LogP contribution in [-0.2, 0) is 16.2 Å². The maximum atomic E-state index is 14.2. The fraction of sp³-hybridized carbons (Fsp3) is 0.200. The third-order valence-corrected chi connectivity index (χ3v) is 5.36. The van der Waals surface area contributed by atoms with Gasteiger partial charge in [-0.05, 0) is 42.8 Å². The summed E-state index contributed by atoms with van der Waals surface area (Å²) in [6.45, 7) is 1.39. The standard InChI is InChI=1S/C20H15ClF5N3O4S/c1-9(11-6-14(22)17(15(23)7-11)29-34(2,31)32)27-18(30)16-8-33-19(28-16)10-3-4-13(21)12(5-10)20(24,25)26/h3-9,29H,1-2H3,(H,27,30)/t9-/m1/s1. The Labute approximate surface area is 195 Å². The van der Waals surface area contributed by atoms with Crippen molar-refractivity contribution in [2.24, 2.45) is 0 Å². The number of nitrogens with one attached hydrogen (secondary N) is 2. The molecule has 0 spiro atoms. The van der Waals surface area contributed by atoms with E-state index in [2.05, 4.69) is 10.3 Å². The van der Waals surface area contributed by atoms with Gasteiger partial charge in [0.05, 0.1) is 22.9 Å². The normalized spacial score (nSPS) is 12.9. The quantitative estimate of drug-likeness (QED) is 0.435. The van der Waals surface area contributed by atoms with E-state index >= 15 is 0 Å². The summed E-state index contributed by atoms with van der Waals surface area (Å²) >= 11 is 5.58. The van der Waals surface area contributed by atoms with Crippen LogP contribution in [-0.4, -0.2) is 25.6 Å². The first-order chi connectivity index (χ1) is 15.7. The van der Waals surface area contributed by atoms with E-state index in [1.54, 1.807) is 4.72 Å². The number of sulfonamides is 1. The van der Waals surface area contributed by atoms with Crippen LogP contribution in [0.15, 0.2) is 41.0 Å². The number of hydrogen-bond donors (Lipinski definition) is 2. The Morgan fingerprint density at radius 2 is 1.76 bits per heavy atom. The summed E-state index contributed by atoms with van der Waals surface area (Å²) in [6, 6.07) is 3.67. The number of oxazole rings is 1. The third-order valence-electron chi connectivity index (χ3n) is 4.46. The Bertz CT molecular complexity index is 1340. The van der Waals surface area contributed by atoms with Gasteiger partial charge in [0.2, 0.25) is 15.9 Å². The van der Waals surface area contributed by atoms with Gasteiger partial charge in [-0.1, -0.05) is 11.6 Å². The number of alkyl halides is 3. The highest BCUT2D eigenvalue weighted by atomic mass is 35.5. The van der Waals surface area contributed by atoms with Gasteiger partial charge in [-0.25, -0.2) is 22.2 Å². The van der Waals surface area contributed by atoms with Gasteiger partial charge in [-0.2, -0.15) is 13.2 Å². The summed E-state index contributed by atoms with van der Waals surface area (Å²) in [6.07, 6.45) is -3.09. The number of carbonyl (C=O) groups is 1. The van der Waals surface area contributed by atoms with Gasteiger partial charge in [-0.3, -0.25) is 9.52 Å². The molecule has 182 valence electrons. The second kappa shape index (κ2) is 9.22. The number of hydrogen-bond acceptors (Lipinski definition) is 5. The number of halogens is 6. The highest BCUT2D eigenvalue weighted by Gasteiger charge is 2.34. The summed E-state index contributed by atoms with van der Waals surface area (Å²) < 4.78 is 96.9. The molecule has 1 heterocycles. The minimum atomic E-state index is -4.72. The molecular formula is C20H15ClF5N3O4S. The predicted octanol–water partition coefficient (Wildman–Crippen LogP) is 5.15. The van der Waals surface area contributed by atoms with Crippen molar-refractivity contribution in [1.82, 2.24) is 10.3 Å². The number of benzene rings is 2. The lowest BCUT2D eigenvalue weighted by Crippen LogP contribution is -2.27. The second-order valence-electron chi connectivity index (χ2n) is 7.16. The van der Waals surface area contributed by atoms with E-state index in [0.29, 0.717) is 0 Å². The molecule has 0 saturated carbocycles. The highest BCUT2D eigenvalue weighted by Crippen LogP contribution is 2.37. The Morgan fingerprint density at radius 3 is 2.32 bits per heavy atom. The molecule has 14 heteroatoms. The van der Waals surface area contributed by atoms with Crippen molar-refractivity contribution in [3.05, 3.63) is 70.1 Å². The molecule has 0 bridgehead atoms.